The van der Waals surface area contributed by atoms with Crippen LogP contribution in [0.1, 0.15) is 47.0 Å². The fourth-order valence-electron chi connectivity index (χ4n) is 1.91. The van der Waals surface area contributed by atoms with E-state index in [-0.39, 0.29) is 11.9 Å². The number of esters is 1. The monoisotopic (exact) mass is 272 g/mol. The molecule has 0 aliphatic heterocycles. The van der Waals surface area contributed by atoms with Crippen molar-refractivity contribution in [2.24, 2.45) is 0 Å². The summed E-state index contributed by atoms with van der Waals surface area (Å²) in [5.74, 6) is -0.602. The molecule has 0 aliphatic carbocycles. The van der Waals surface area contributed by atoms with E-state index in [0.29, 0.717) is 12.6 Å². The molecule has 0 saturated heterocycles. The van der Waals surface area contributed by atoms with Crippen LogP contribution < -0.4 is 5.32 Å². The summed E-state index contributed by atoms with van der Waals surface area (Å²) in [6.07, 6.45) is 3.20. The van der Waals surface area contributed by atoms with E-state index >= 15 is 0 Å². The second kappa shape index (κ2) is 9.78. The van der Waals surface area contributed by atoms with E-state index in [2.05, 4.69) is 31.0 Å². The van der Waals surface area contributed by atoms with Gasteiger partial charge >= 0.3 is 5.97 Å². The number of amides is 1. The molecule has 0 fully saturated rings. The lowest BCUT2D eigenvalue weighted by molar-refractivity contribution is -0.145. The minimum Gasteiger partial charge on any atom is -0.467 e. The normalized spacial score (nSPS) is 14.0. The number of hydrogen-bond donors (Lipinski definition) is 1. The van der Waals surface area contributed by atoms with Gasteiger partial charge in [-0.25, -0.2) is 4.79 Å². The Balaban J connectivity index is 4.70. The number of nitrogens with one attached hydrogen (secondary N) is 1. The maximum atomic E-state index is 11.7. The molecular formula is C14H28N2O3. The average molecular weight is 272 g/mol. The van der Waals surface area contributed by atoms with Gasteiger partial charge in [-0.05, 0) is 26.3 Å². The van der Waals surface area contributed by atoms with Gasteiger partial charge in [0.2, 0.25) is 5.91 Å². The molecule has 0 saturated carbocycles. The predicted octanol–water partition coefficient (Wildman–Crippen LogP) is 1.56. The molecule has 5 nitrogen and oxygen atoms in total. The fraction of sp³-hybridized carbons (Fsp3) is 0.857. The van der Waals surface area contributed by atoms with Gasteiger partial charge in [0, 0.05) is 19.5 Å². The maximum absolute atomic E-state index is 11.7. The van der Waals surface area contributed by atoms with Crippen LogP contribution in [0.2, 0.25) is 0 Å². The van der Waals surface area contributed by atoms with Crippen molar-refractivity contribution in [1.82, 2.24) is 10.2 Å². The minimum absolute atomic E-state index is 0.213. The maximum Gasteiger partial charge on any atom is 0.329 e. The summed E-state index contributed by atoms with van der Waals surface area (Å²) in [7, 11) is 1.34. The van der Waals surface area contributed by atoms with E-state index in [0.717, 1.165) is 25.8 Å². The summed E-state index contributed by atoms with van der Waals surface area (Å²) in [6.45, 7) is 9.24. The van der Waals surface area contributed by atoms with Crippen LogP contribution in [0.5, 0.6) is 0 Å². The average Bonchev–Trinajstić information content (AvgIpc) is 2.39. The third kappa shape index (κ3) is 7.15. The van der Waals surface area contributed by atoms with Crippen molar-refractivity contribution in [3.05, 3.63) is 0 Å². The number of carbonyl (C=O) groups is 2. The highest BCUT2D eigenvalue weighted by Gasteiger charge is 2.24. The highest BCUT2D eigenvalue weighted by molar-refractivity contribution is 5.83. The molecular weight excluding hydrogens is 244 g/mol. The Bertz CT molecular complexity index is 282. The Morgan fingerprint density at radius 1 is 1.32 bits per heavy atom. The van der Waals surface area contributed by atoms with Crippen molar-refractivity contribution in [2.75, 3.05) is 20.2 Å². The van der Waals surface area contributed by atoms with Crippen molar-refractivity contribution >= 4 is 11.9 Å². The van der Waals surface area contributed by atoms with Gasteiger partial charge in [-0.3, -0.25) is 9.69 Å². The lowest BCUT2D eigenvalue weighted by atomic mass is 10.1. The van der Waals surface area contributed by atoms with Crippen molar-refractivity contribution in [2.45, 2.75) is 59.0 Å². The van der Waals surface area contributed by atoms with Gasteiger partial charge in [0.15, 0.2) is 0 Å². The summed E-state index contributed by atoms with van der Waals surface area (Å²) in [4.78, 5) is 25.1. The van der Waals surface area contributed by atoms with Gasteiger partial charge in [0.1, 0.15) is 6.04 Å². The number of nitrogens with zero attached hydrogens (tertiary/aromatic N) is 1. The molecule has 112 valence electrons. The Morgan fingerprint density at radius 3 is 2.37 bits per heavy atom. The molecule has 0 bridgehead atoms. The molecule has 0 aromatic rings. The van der Waals surface area contributed by atoms with Crippen LogP contribution in [0.4, 0.5) is 0 Å². The smallest absolute Gasteiger partial charge is 0.329 e. The van der Waals surface area contributed by atoms with Crippen LogP contribution in [0.3, 0.4) is 0 Å². The standard InChI is InChI=1S/C14H28N2O3/c1-6-8-9-16(11(3)7-2)10-13(14(18)19-5)15-12(4)17/h11,13H,6-10H2,1-5H3,(H,15,17). The number of ether oxygens (including phenoxy) is 1. The third-order valence-corrected chi connectivity index (χ3v) is 3.29. The lowest BCUT2D eigenvalue weighted by Gasteiger charge is -2.31. The molecule has 0 aromatic heterocycles. The number of methoxy groups -OCH3 is 1. The molecule has 1 N–H and O–H groups in total. The number of unbranched alkanes of at least 4 members (excludes halogenated alkanes) is 1. The van der Waals surface area contributed by atoms with Gasteiger partial charge in [-0.1, -0.05) is 20.3 Å². The van der Waals surface area contributed by atoms with Crippen molar-refractivity contribution in [3.63, 3.8) is 0 Å². The zero-order valence-electron chi connectivity index (χ0n) is 12.9. The molecule has 5 heteroatoms. The predicted molar refractivity (Wildman–Crippen MR) is 75.9 cm³/mol. The topological polar surface area (TPSA) is 58.6 Å². The Morgan fingerprint density at radius 2 is 1.95 bits per heavy atom. The van der Waals surface area contributed by atoms with Crippen LogP contribution in [0.25, 0.3) is 0 Å². The van der Waals surface area contributed by atoms with Crippen LogP contribution in [0, 0.1) is 0 Å². The quantitative estimate of drug-likeness (QED) is 0.647. The zero-order valence-corrected chi connectivity index (χ0v) is 12.9. The molecule has 2 atom stereocenters. The van der Waals surface area contributed by atoms with Crippen molar-refractivity contribution in [3.8, 4) is 0 Å². The van der Waals surface area contributed by atoms with E-state index < -0.39 is 6.04 Å². The molecule has 0 heterocycles. The first kappa shape index (κ1) is 17.9. The van der Waals surface area contributed by atoms with Crippen molar-refractivity contribution in [1.29, 1.82) is 0 Å². The zero-order chi connectivity index (χ0) is 14.8. The summed E-state index contributed by atoms with van der Waals surface area (Å²) in [6, 6.07) is -0.208. The largest absolute Gasteiger partial charge is 0.467 e. The summed E-state index contributed by atoms with van der Waals surface area (Å²) >= 11 is 0. The van der Waals surface area contributed by atoms with Gasteiger partial charge in [0.05, 0.1) is 7.11 Å². The minimum atomic E-state index is -0.589. The Labute approximate surface area is 116 Å². The second-order valence-corrected chi connectivity index (χ2v) is 4.88. The van der Waals surface area contributed by atoms with Crippen LogP contribution in [-0.2, 0) is 14.3 Å². The molecule has 0 aromatic carbocycles. The van der Waals surface area contributed by atoms with Gasteiger partial charge in [-0.2, -0.15) is 0 Å². The molecule has 1 amide bonds. The number of hydrogen-bond acceptors (Lipinski definition) is 4. The van der Waals surface area contributed by atoms with E-state index in [9.17, 15) is 9.59 Å². The highest BCUT2D eigenvalue weighted by atomic mass is 16.5. The van der Waals surface area contributed by atoms with Crippen molar-refractivity contribution < 1.29 is 14.3 Å². The molecule has 0 rings (SSSR count). The van der Waals surface area contributed by atoms with Gasteiger partial charge < -0.3 is 10.1 Å². The molecule has 0 aliphatic rings. The van der Waals surface area contributed by atoms with E-state index in [1.165, 1.54) is 14.0 Å². The molecule has 0 spiro atoms. The third-order valence-electron chi connectivity index (χ3n) is 3.29. The van der Waals surface area contributed by atoms with E-state index in [1.54, 1.807) is 0 Å². The van der Waals surface area contributed by atoms with E-state index in [1.807, 2.05) is 0 Å². The lowest BCUT2D eigenvalue weighted by Crippen LogP contribution is -2.50. The summed E-state index contributed by atoms with van der Waals surface area (Å²) in [5, 5.41) is 2.66. The highest BCUT2D eigenvalue weighted by Crippen LogP contribution is 2.07. The first-order valence-electron chi connectivity index (χ1n) is 7.05. The number of carbonyl (C=O) groups excluding carboxylic acids is 2. The van der Waals surface area contributed by atoms with Crippen LogP contribution in [-0.4, -0.2) is 49.1 Å². The molecule has 2 unspecified atom stereocenters. The fourth-order valence-corrected chi connectivity index (χ4v) is 1.91. The molecule has 19 heavy (non-hydrogen) atoms. The van der Waals surface area contributed by atoms with E-state index in [4.69, 9.17) is 4.74 Å². The Hall–Kier alpha value is -1.10. The van der Waals surface area contributed by atoms with Gasteiger partial charge in [0.25, 0.3) is 0 Å². The molecule has 0 radical (unpaired) electrons. The van der Waals surface area contributed by atoms with Crippen LogP contribution in [0.15, 0.2) is 0 Å². The Kier molecular flexibility index (Phi) is 9.21. The summed E-state index contributed by atoms with van der Waals surface area (Å²) in [5.41, 5.74) is 0. The first-order chi connectivity index (χ1) is 8.96. The SMILES string of the molecule is CCCCN(CC(NC(C)=O)C(=O)OC)C(C)CC. The second-order valence-electron chi connectivity index (χ2n) is 4.88. The number of rotatable bonds is 9. The first-order valence-corrected chi connectivity index (χ1v) is 7.05. The van der Waals surface area contributed by atoms with Crippen LogP contribution >= 0.6 is 0 Å². The van der Waals surface area contributed by atoms with Gasteiger partial charge in [-0.15, -0.1) is 0 Å². The summed E-state index contributed by atoms with van der Waals surface area (Å²) < 4.78 is 4.75.